The van der Waals surface area contributed by atoms with Crippen LogP contribution in [0.3, 0.4) is 0 Å². The molecule has 0 aliphatic heterocycles. The summed E-state index contributed by atoms with van der Waals surface area (Å²) in [5, 5.41) is 7.48. The quantitative estimate of drug-likeness (QED) is 0.919. The van der Waals surface area contributed by atoms with Gasteiger partial charge in [0.1, 0.15) is 12.4 Å². The van der Waals surface area contributed by atoms with Crippen molar-refractivity contribution in [3.8, 4) is 5.75 Å². The van der Waals surface area contributed by atoms with E-state index in [4.69, 9.17) is 4.74 Å². The first kappa shape index (κ1) is 14.1. The Morgan fingerprint density at radius 2 is 2.21 bits per heavy atom. The molecule has 1 heterocycles. The first-order valence-electron chi connectivity index (χ1n) is 6.16. The van der Waals surface area contributed by atoms with Crippen LogP contribution in [0.4, 0.5) is 0 Å². The average molecular weight is 324 g/mol. The third-order valence-electron chi connectivity index (χ3n) is 2.92. The summed E-state index contributed by atoms with van der Waals surface area (Å²) in [5.41, 5.74) is 3.22. The topological polar surface area (TPSA) is 39.1 Å². The maximum Gasteiger partial charge on any atom is 0.131 e. The second-order valence-corrected chi connectivity index (χ2v) is 5.23. The van der Waals surface area contributed by atoms with Gasteiger partial charge in [-0.2, -0.15) is 5.10 Å². The van der Waals surface area contributed by atoms with Crippen LogP contribution in [0.1, 0.15) is 17.0 Å². The van der Waals surface area contributed by atoms with Crippen LogP contribution in [-0.2, 0) is 20.2 Å². The molecular formula is C14H18BrN3O. The predicted molar refractivity (Wildman–Crippen MR) is 79.2 cm³/mol. The summed E-state index contributed by atoms with van der Waals surface area (Å²) in [6.45, 7) is 3.31. The Labute approximate surface area is 121 Å². The third kappa shape index (κ3) is 3.36. The number of hydrogen-bond donors (Lipinski definition) is 1. The molecule has 2 rings (SSSR count). The normalized spacial score (nSPS) is 10.7. The minimum Gasteiger partial charge on any atom is -0.487 e. The molecule has 0 bridgehead atoms. The molecule has 4 nitrogen and oxygen atoms in total. The van der Waals surface area contributed by atoms with Gasteiger partial charge in [0, 0.05) is 13.6 Å². The Hall–Kier alpha value is -1.33. The molecule has 0 saturated heterocycles. The number of nitrogens with zero attached hydrogens (tertiary/aromatic N) is 2. The van der Waals surface area contributed by atoms with Crippen molar-refractivity contribution in [2.45, 2.75) is 20.1 Å². The average Bonchev–Trinajstić information content (AvgIpc) is 2.62. The molecule has 1 aromatic heterocycles. The fourth-order valence-electron chi connectivity index (χ4n) is 1.94. The lowest BCUT2D eigenvalue weighted by Gasteiger charge is -2.08. The van der Waals surface area contributed by atoms with E-state index in [1.165, 1.54) is 5.56 Å². The maximum absolute atomic E-state index is 5.84. The molecule has 0 amide bonds. The Balaban J connectivity index is 2.08. The Bertz CT molecular complexity index is 566. The molecule has 19 heavy (non-hydrogen) atoms. The zero-order valence-corrected chi connectivity index (χ0v) is 13.0. The molecule has 0 unspecified atom stereocenters. The molecule has 0 saturated carbocycles. The molecule has 0 fully saturated rings. The SMILES string of the molecule is CNCc1cccc(OCc2c(Br)c(C)nn2C)c1. The minimum absolute atomic E-state index is 0.501. The van der Waals surface area contributed by atoms with Gasteiger partial charge >= 0.3 is 0 Å². The zero-order valence-electron chi connectivity index (χ0n) is 11.4. The standard InChI is InChI=1S/C14H18BrN3O/c1-10-14(15)13(18(3)17-10)9-19-12-6-4-5-11(7-12)8-16-2/h4-7,16H,8-9H2,1-3H3. The number of rotatable bonds is 5. The van der Waals surface area contributed by atoms with Gasteiger partial charge in [0.05, 0.1) is 15.9 Å². The molecule has 0 spiro atoms. The van der Waals surface area contributed by atoms with E-state index in [0.717, 1.165) is 28.2 Å². The summed E-state index contributed by atoms with van der Waals surface area (Å²) in [6, 6.07) is 8.10. The smallest absolute Gasteiger partial charge is 0.131 e. The van der Waals surface area contributed by atoms with E-state index >= 15 is 0 Å². The highest BCUT2D eigenvalue weighted by Gasteiger charge is 2.11. The van der Waals surface area contributed by atoms with Crippen LogP contribution in [0.15, 0.2) is 28.7 Å². The van der Waals surface area contributed by atoms with Gasteiger partial charge < -0.3 is 10.1 Å². The van der Waals surface area contributed by atoms with Crippen LogP contribution in [-0.4, -0.2) is 16.8 Å². The molecule has 0 aliphatic rings. The van der Waals surface area contributed by atoms with Crippen LogP contribution in [0.5, 0.6) is 5.75 Å². The van der Waals surface area contributed by atoms with Crippen LogP contribution in [0.2, 0.25) is 0 Å². The molecule has 1 N–H and O–H groups in total. The second kappa shape index (κ2) is 6.21. The van der Waals surface area contributed by atoms with E-state index in [0.29, 0.717) is 6.61 Å². The lowest BCUT2D eigenvalue weighted by molar-refractivity contribution is 0.294. The summed E-state index contributed by atoms with van der Waals surface area (Å²) in [7, 11) is 3.86. The van der Waals surface area contributed by atoms with E-state index in [9.17, 15) is 0 Å². The van der Waals surface area contributed by atoms with Crippen molar-refractivity contribution in [1.29, 1.82) is 0 Å². The van der Waals surface area contributed by atoms with Crippen molar-refractivity contribution in [3.05, 3.63) is 45.7 Å². The Kier molecular flexibility index (Phi) is 4.61. The molecule has 1 aromatic carbocycles. The predicted octanol–water partition coefficient (Wildman–Crippen LogP) is 2.79. The van der Waals surface area contributed by atoms with Crippen molar-refractivity contribution >= 4 is 15.9 Å². The molecule has 0 radical (unpaired) electrons. The highest BCUT2D eigenvalue weighted by molar-refractivity contribution is 9.10. The van der Waals surface area contributed by atoms with Gasteiger partial charge in [-0.25, -0.2) is 0 Å². The lowest BCUT2D eigenvalue weighted by atomic mass is 10.2. The van der Waals surface area contributed by atoms with Crippen molar-refractivity contribution in [2.24, 2.45) is 7.05 Å². The van der Waals surface area contributed by atoms with Crippen LogP contribution >= 0.6 is 15.9 Å². The highest BCUT2D eigenvalue weighted by Crippen LogP contribution is 2.22. The van der Waals surface area contributed by atoms with Crippen LogP contribution < -0.4 is 10.1 Å². The summed E-state index contributed by atoms with van der Waals surface area (Å²) < 4.78 is 8.69. The van der Waals surface area contributed by atoms with Gasteiger partial charge in [0.25, 0.3) is 0 Å². The number of hydrogen-bond acceptors (Lipinski definition) is 3. The van der Waals surface area contributed by atoms with Crippen molar-refractivity contribution in [3.63, 3.8) is 0 Å². The van der Waals surface area contributed by atoms with Crippen LogP contribution in [0.25, 0.3) is 0 Å². The first-order chi connectivity index (χ1) is 9.11. The third-order valence-corrected chi connectivity index (χ3v) is 3.95. The van der Waals surface area contributed by atoms with Gasteiger partial charge in [0.2, 0.25) is 0 Å². The molecule has 5 heteroatoms. The number of aryl methyl sites for hydroxylation is 2. The fourth-order valence-corrected chi connectivity index (χ4v) is 2.39. The molecule has 102 valence electrons. The lowest BCUT2D eigenvalue weighted by Crippen LogP contribution is -2.06. The molecule has 0 atom stereocenters. The number of nitrogens with one attached hydrogen (secondary N) is 1. The Morgan fingerprint density at radius 3 is 2.84 bits per heavy atom. The second-order valence-electron chi connectivity index (χ2n) is 4.44. The minimum atomic E-state index is 0.501. The summed E-state index contributed by atoms with van der Waals surface area (Å²) in [6.07, 6.45) is 0. The van der Waals surface area contributed by atoms with Gasteiger partial charge in [-0.05, 0) is 47.6 Å². The molecule has 2 aromatic rings. The highest BCUT2D eigenvalue weighted by atomic mass is 79.9. The fraction of sp³-hybridized carbons (Fsp3) is 0.357. The van der Waals surface area contributed by atoms with Gasteiger partial charge in [-0.1, -0.05) is 12.1 Å². The van der Waals surface area contributed by atoms with Crippen LogP contribution in [0, 0.1) is 6.92 Å². The van der Waals surface area contributed by atoms with Crippen molar-refractivity contribution < 1.29 is 4.74 Å². The summed E-state index contributed by atoms with van der Waals surface area (Å²) in [5.74, 6) is 0.874. The van der Waals surface area contributed by atoms with E-state index < -0.39 is 0 Å². The largest absolute Gasteiger partial charge is 0.487 e. The zero-order chi connectivity index (χ0) is 13.8. The van der Waals surface area contributed by atoms with Gasteiger partial charge in [-0.15, -0.1) is 0 Å². The van der Waals surface area contributed by atoms with E-state index in [1.54, 1.807) is 0 Å². The summed E-state index contributed by atoms with van der Waals surface area (Å²) >= 11 is 3.54. The van der Waals surface area contributed by atoms with E-state index in [1.807, 2.05) is 43.9 Å². The van der Waals surface area contributed by atoms with Crippen molar-refractivity contribution in [1.82, 2.24) is 15.1 Å². The first-order valence-corrected chi connectivity index (χ1v) is 6.95. The monoisotopic (exact) mass is 323 g/mol. The Morgan fingerprint density at radius 1 is 1.42 bits per heavy atom. The number of aromatic nitrogens is 2. The van der Waals surface area contributed by atoms with Crippen molar-refractivity contribution in [2.75, 3.05) is 7.05 Å². The van der Waals surface area contributed by atoms with Gasteiger partial charge in [0.15, 0.2) is 0 Å². The number of halogens is 1. The van der Waals surface area contributed by atoms with E-state index in [2.05, 4.69) is 32.4 Å². The summed E-state index contributed by atoms with van der Waals surface area (Å²) in [4.78, 5) is 0. The molecule has 0 aliphatic carbocycles. The number of ether oxygens (including phenoxy) is 1. The van der Waals surface area contributed by atoms with Gasteiger partial charge in [-0.3, -0.25) is 4.68 Å². The maximum atomic E-state index is 5.84. The van der Waals surface area contributed by atoms with E-state index in [-0.39, 0.29) is 0 Å². The molecular weight excluding hydrogens is 306 g/mol. The number of benzene rings is 1.